The molecular weight excluding hydrogens is 236 g/mol. The molecular formula is C7H7BrN4O. The number of halogens is 1. The van der Waals surface area contributed by atoms with Crippen LogP contribution in [0.3, 0.4) is 0 Å². The highest BCUT2D eigenvalue weighted by Crippen LogP contribution is 2.16. The molecule has 0 amide bonds. The van der Waals surface area contributed by atoms with Crippen LogP contribution in [0.1, 0.15) is 5.56 Å². The Bertz CT molecular complexity index is 527. The molecule has 0 aliphatic carbocycles. The Morgan fingerprint density at radius 1 is 1.69 bits per heavy atom. The van der Waals surface area contributed by atoms with E-state index in [4.69, 9.17) is 5.73 Å². The molecule has 0 aromatic carbocycles. The van der Waals surface area contributed by atoms with Crippen molar-refractivity contribution in [1.82, 2.24) is 14.6 Å². The van der Waals surface area contributed by atoms with E-state index in [2.05, 4.69) is 26.0 Å². The molecule has 13 heavy (non-hydrogen) atoms. The van der Waals surface area contributed by atoms with Crippen LogP contribution >= 0.6 is 15.9 Å². The first kappa shape index (κ1) is 8.31. The Morgan fingerprint density at radius 3 is 3.08 bits per heavy atom. The van der Waals surface area contributed by atoms with Gasteiger partial charge in [0.05, 0.1) is 16.2 Å². The van der Waals surface area contributed by atoms with E-state index >= 15 is 0 Å². The number of aromatic nitrogens is 3. The van der Waals surface area contributed by atoms with Crippen molar-refractivity contribution >= 4 is 27.4 Å². The fourth-order valence-corrected chi connectivity index (χ4v) is 1.46. The lowest BCUT2D eigenvalue weighted by molar-refractivity contribution is 0.931. The van der Waals surface area contributed by atoms with Gasteiger partial charge in [-0.1, -0.05) is 0 Å². The highest BCUT2D eigenvalue weighted by atomic mass is 79.9. The third-order valence-electron chi connectivity index (χ3n) is 1.91. The van der Waals surface area contributed by atoms with E-state index in [1.807, 2.05) is 0 Å². The summed E-state index contributed by atoms with van der Waals surface area (Å²) in [7, 11) is 0. The quantitative estimate of drug-likeness (QED) is 0.714. The molecule has 2 rings (SSSR count). The van der Waals surface area contributed by atoms with E-state index in [-0.39, 0.29) is 5.56 Å². The number of anilines is 1. The van der Waals surface area contributed by atoms with Gasteiger partial charge in [0.2, 0.25) is 0 Å². The number of hydrogen-bond donors (Lipinski definition) is 2. The number of H-pyrrole nitrogens is 1. The van der Waals surface area contributed by atoms with Crippen LogP contribution in [0.4, 0.5) is 5.82 Å². The molecule has 2 aromatic heterocycles. The van der Waals surface area contributed by atoms with Crippen LogP contribution in [-0.2, 0) is 0 Å². The maximum absolute atomic E-state index is 11.3. The number of rotatable bonds is 0. The molecule has 3 N–H and O–H groups in total. The van der Waals surface area contributed by atoms with Crippen molar-refractivity contribution < 1.29 is 0 Å². The lowest BCUT2D eigenvalue weighted by atomic mass is 10.3. The molecule has 0 radical (unpaired) electrons. The molecule has 0 saturated heterocycles. The third-order valence-corrected chi connectivity index (χ3v) is 2.49. The maximum Gasteiger partial charge on any atom is 0.256 e. The highest BCUT2D eigenvalue weighted by Gasteiger charge is 2.08. The second kappa shape index (κ2) is 2.59. The lowest BCUT2D eigenvalue weighted by Gasteiger charge is -2.01. The SMILES string of the molecule is Cc1c(N)n2ncc(Br)c2[nH]c1=O. The number of nitrogen functional groups attached to an aromatic ring is 1. The third kappa shape index (κ3) is 1.06. The average molecular weight is 243 g/mol. The number of nitrogens with one attached hydrogen (secondary N) is 1. The molecule has 2 aromatic rings. The first-order valence-corrected chi connectivity index (χ1v) is 4.42. The molecule has 68 valence electrons. The summed E-state index contributed by atoms with van der Waals surface area (Å²) in [5.74, 6) is 0.365. The summed E-state index contributed by atoms with van der Waals surface area (Å²) in [6.45, 7) is 1.66. The van der Waals surface area contributed by atoms with E-state index in [1.165, 1.54) is 4.52 Å². The van der Waals surface area contributed by atoms with Gasteiger partial charge in [0.15, 0.2) is 5.65 Å². The van der Waals surface area contributed by atoms with Gasteiger partial charge in [-0.25, -0.2) is 0 Å². The van der Waals surface area contributed by atoms with Crippen LogP contribution in [0.2, 0.25) is 0 Å². The van der Waals surface area contributed by atoms with Gasteiger partial charge in [0, 0.05) is 0 Å². The lowest BCUT2D eigenvalue weighted by Crippen LogP contribution is -2.16. The van der Waals surface area contributed by atoms with E-state index < -0.39 is 0 Å². The largest absolute Gasteiger partial charge is 0.383 e. The molecule has 2 heterocycles. The van der Waals surface area contributed by atoms with E-state index in [0.717, 1.165) is 4.47 Å². The summed E-state index contributed by atoms with van der Waals surface area (Å²) in [6.07, 6.45) is 1.58. The summed E-state index contributed by atoms with van der Waals surface area (Å²) >= 11 is 3.25. The molecule has 0 saturated carbocycles. The van der Waals surface area contributed by atoms with Crippen molar-refractivity contribution in [3.8, 4) is 0 Å². The van der Waals surface area contributed by atoms with Crippen LogP contribution in [0, 0.1) is 6.92 Å². The second-order valence-corrected chi connectivity index (χ2v) is 3.57. The maximum atomic E-state index is 11.3. The number of aromatic amines is 1. The first-order chi connectivity index (χ1) is 6.11. The molecule has 0 unspecified atom stereocenters. The molecule has 5 nitrogen and oxygen atoms in total. The summed E-state index contributed by atoms with van der Waals surface area (Å²) in [4.78, 5) is 14.0. The van der Waals surface area contributed by atoms with Gasteiger partial charge in [-0.2, -0.15) is 9.61 Å². The standard InChI is InChI=1S/C7H7BrN4O/c1-3-5(9)12-6(11-7(3)13)4(8)2-10-12/h2H,9H2,1H3,(H,11,13). The van der Waals surface area contributed by atoms with Gasteiger partial charge in [0.1, 0.15) is 5.82 Å². The smallest absolute Gasteiger partial charge is 0.256 e. The van der Waals surface area contributed by atoms with Crippen molar-refractivity contribution in [2.24, 2.45) is 0 Å². The molecule has 0 spiro atoms. The van der Waals surface area contributed by atoms with Gasteiger partial charge in [-0.3, -0.25) is 4.79 Å². The van der Waals surface area contributed by atoms with Crippen molar-refractivity contribution in [3.63, 3.8) is 0 Å². The first-order valence-electron chi connectivity index (χ1n) is 3.63. The summed E-state index contributed by atoms with van der Waals surface area (Å²) in [5, 5.41) is 3.99. The zero-order valence-electron chi connectivity index (χ0n) is 6.84. The Kier molecular flexibility index (Phi) is 1.66. The van der Waals surface area contributed by atoms with Crippen LogP contribution in [0.25, 0.3) is 5.65 Å². The molecule has 0 bridgehead atoms. The van der Waals surface area contributed by atoms with E-state index in [1.54, 1.807) is 13.1 Å². The monoisotopic (exact) mass is 242 g/mol. The van der Waals surface area contributed by atoms with Crippen molar-refractivity contribution in [3.05, 3.63) is 26.6 Å². The van der Waals surface area contributed by atoms with Gasteiger partial charge >= 0.3 is 0 Å². The Morgan fingerprint density at radius 2 is 2.38 bits per heavy atom. The van der Waals surface area contributed by atoms with Crippen LogP contribution in [0.15, 0.2) is 15.5 Å². The minimum Gasteiger partial charge on any atom is -0.383 e. The van der Waals surface area contributed by atoms with E-state index in [9.17, 15) is 4.79 Å². The summed E-state index contributed by atoms with van der Waals surface area (Å²) in [5.41, 5.74) is 6.56. The Hall–Kier alpha value is -1.30. The zero-order chi connectivity index (χ0) is 9.59. The van der Waals surface area contributed by atoms with Gasteiger partial charge in [-0.15, -0.1) is 0 Å². The molecule has 0 aliphatic heterocycles. The predicted molar refractivity (Wildman–Crippen MR) is 52.7 cm³/mol. The fraction of sp³-hybridized carbons (Fsp3) is 0.143. The number of hydrogen-bond acceptors (Lipinski definition) is 3. The average Bonchev–Trinajstić information content (AvgIpc) is 2.45. The predicted octanol–water partition coefficient (Wildman–Crippen LogP) is 0.676. The highest BCUT2D eigenvalue weighted by molar-refractivity contribution is 9.10. The van der Waals surface area contributed by atoms with Crippen molar-refractivity contribution in [1.29, 1.82) is 0 Å². The molecule has 0 aliphatic rings. The number of nitrogens with zero attached hydrogens (tertiary/aromatic N) is 2. The fourth-order valence-electron chi connectivity index (χ4n) is 1.10. The normalized spacial score (nSPS) is 10.9. The van der Waals surface area contributed by atoms with Gasteiger partial charge in [0.25, 0.3) is 5.56 Å². The minimum absolute atomic E-state index is 0.189. The molecule has 0 fully saturated rings. The van der Waals surface area contributed by atoms with Crippen LogP contribution in [0.5, 0.6) is 0 Å². The Balaban J connectivity index is 3.05. The van der Waals surface area contributed by atoms with Gasteiger partial charge < -0.3 is 10.7 Å². The number of fused-ring (bicyclic) bond motifs is 1. The van der Waals surface area contributed by atoms with Crippen molar-refractivity contribution in [2.45, 2.75) is 6.92 Å². The summed E-state index contributed by atoms with van der Waals surface area (Å²) < 4.78 is 2.21. The van der Waals surface area contributed by atoms with Crippen molar-refractivity contribution in [2.75, 3.05) is 5.73 Å². The minimum atomic E-state index is -0.189. The van der Waals surface area contributed by atoms with E-state index in [0.29, 0.717) is 17.0 Å². The molecule has 6 heteroatoms. The Labute approximate surface area is 81.7 Å². The molecule has 0 atom stereocenters. The topological polar surface area (TPSA) is 76.2 Å². The zero-order valence-corrected chi connectivity index (χ0v) is 8.42. The number of nitrogens with two attached hydrogens (primary N) is 1. The van der Waals surface area contributed by atoms with Gasteiger partial charge in [-0.05, 0) is 22.9 Å². The second-order valence-electron chi connectivity index (χ2n) is 2.72. The van der Waals surface area contributed by atoms with Crippen LogP contribution < -0.4 is 11.3 Å². The summed E-state index contributed by atoms with van der Waals surface area (Å²) in [6, 6.07) is 0. The van der Waals surface area contributed by atoms with Crippen LogP contribution in [-0.4, -0.2) is 14.6 Å².